The molecule has 194 valence electrons. The van der Waals surface area contributed by atoms with Crippen LogP contribution in [0.2, 0.25) is 0 Å². The molecule has 0 aliphatic carbocycles. The molecular formula is C17H25N7O10S. The number of aromatic nitrogens is 2. The van der Waals surface area contributed by atoms with Crippen molar-refractivity contribution in [2.45, 2.75) is 38.5 Å². The molecule has 1 aromatic rings. The molecule has 17 nitrogen and oxygen atoms in total. The van der Waals surface area contributed by atoms with Gasteiger partial charge in [0.25, 0.3) is 0 Å². The molecule has 3 rings (SSSR count). The van der Waals surface area contributed by atoms with Gasteiger partial charge in [-0.3, -0.25) is 4.55 Å². The van der Waals surface area contributed by atoms with E-state index < -0.39 is 52.3 Å². The molecular weight excluding hydrogens is 494 g/mol. The number of fused-ring (bicyclic) bond motifs is 4. The van der Waals surface area contributed by atoms with Crippen molar-refractivity contribution in [3.63, 3.8) is 0 Å². The van der Waals surface area contributed by atoms with Crippen molar-refractivity contribution in [3.8, 4) is 0 Å². The summed E-state index contributed by atoms with van der Waals surface area (Å²) in [6, 6.07) is -3.68. The number of carboxylic acid groups (broad SMARTS) is 1. The van der Waals surface area contributed by atoms with Gasteiger partial charge >= 0.3 is 34.6 Å². The molecule has 2 atom stereocenters. The number of alkyl carbamates (subject to hydrolysis) is 1. The maximum atomic E-state index is 12.6. The molecule has 35 heavy (non-hydrogen) atoms. The van der Waals surface area contributed by atoms with Crippen molar-refractivity contribution < 1.29 is 46.3 Å². The van der Waals surface area contributed by atoms with Crippen LogP contribution in [0.15, 0.2) is 6.20 Å². The van der Waals surface area contributed by atoms with E-state index in [1.54, 1.807) is 20.8 Å². The van der Waals surface area contributed by atoms with Crippen LogP contribution >= 0.6 is 0 Å². The van der Waals surface area contributed by atoms with E-state index in [9.17, 15) is 27.6 Å². The van der Waals surface area contributed by atoms with Crippen molar-refractivity contribution in [1.82, 2.24) is 35.7 Å². The molecule has 0 spiro atoms. The molecule has 1 aromatic heterocycles. The highest BCUT2D eigenvalue weighted by Gasteiger charge is 2.51. The lowest BCUT2D eigenvalue weighted by atomic mass is 9.98. The number of carbonyl (C=O) groups excluding carboxylic acids is 3. The van der Waals surface area contributed by atoms with Crippen LogP contribution in [0.4, 0.5) is 19.2 Å². The molecule has 2 bridgehead atoms. The Labute approximate surface area is 199 Å². The number of hydrogen-bond acceptors (Lipinski definition) is 9. The fourth-order valence-corrected chi connectivity index (χ4v) is 3.93. The van der Waals surface area contributed by atoms with E-state index >= 15 is 0 Å². The Balaban J connectivity index is 1.74. The molecule has 0 radical (unpaired) electrons. The van der Waals surface area contributed by atoms with E-state index in [0.717, 1.165) is 9.58 Å². The van der Waals surface area contributed by atoms with E-state index in [1.165, 1.54) is 6.20 Å². The molecule has 1 saturated heterocycles. The zero-order valence-corrected chi connectivity index (χ0v) is 19.7. The Hall–Kier alpha value is -3.64. The van der Waals surface area contributed by atoms with Gasteiger partial charge in [-0.2, -0.15) is 23.3 Å². The summed E-state index contributed by atoms with van der Waals surface area (Å²) in [5.41, 5.74) is -0.334. The average Bonchev–Trinajstić information content (AvgIpc) is 3.26. The average molecular weight is 519 g/mol. The molecule has 2 aliphatic rings. The van der Waals surface area contributed by atoms with Crippen LogP contribution < -0.4 is 16.0 Å². The Kier molecular flexibility index (Phi) is 7.08. The highest BCUT2D eigenvalue weighted by atomic mass is 32.3. The number of rotatable bonds is 7. The van der Waals surface area contributed by atoms with Gasteiger partial charge in [-0.25, -0.2) is 19.2 Å². The van der Waals surface area contributed by atoms with Crippen LogP contribution in [0.5, 0.6) is 0 Å². The van der Waals surface area contributed by atoms with Gasteiger partial charge in [0.15, 0.2) is 0 Å². The lowest BCUT2D eigenvalue weighted by Crippen LogP contribution is -2.41. The summed E-state index contributed by atoms with van der Waals surface area (Å²) >= 11 is 0. The van der Waals surface area contributed by atoms with E-state index in [1.807, 2.05) is 0 Å². The van der Waals surface area contributed by atoms with E-state index in [0.29, 0.717) is 5.06 Å². The number of ether oxygens (including phenoxy) is 1. The number of hydroxylamine groups is 2. The third kappa shape index (κ3) is 6.28. The summed E-state index contributed by atoms with van der Waals surface area (Å²) in [6.45, 7) is 4.75. The van der Waals surface area contributed by atoms with Gasteiger partial charge < -0.3 is 30.7 Å². The van der Waals surface area contributed by atoms with Crippen LogP contribution in [0.1, 0.15) is 44.1 Å². The van der Waals surface area contributed by atoms with Crippen LogP contribution in [0, 0.1) is 0 Å². The maximum Gasteiger partial charge on any atom is 0.418 e. The number of hydrogen-bond donors (Lipinski definition) is 5. The van der Waals surface area contributed by atoms with E-state index in [-0.39, 0.29) is 37.4 Å². The first kappa shape index (κ1) is 26.0. The van der Waals surface area contributed by atoms with Crippen LogP contribution in [0.25, 0.3) is 0 Å². The van der Waals surface area contributed by atoms with Gasteiger partial charge in [0.1, 0.15) is 11.6 Å². The quantitative estimate of drug-likeness (QED) is 0.234. The Morgan fingerprint density at radius 1 is 1.20 bits per heavy atom. The SMILES string of the molecule is CC(C)(C)OC(=O)NCCNC(=O)n1cc2c(n1)C(CNC(=O)O)N1CC2N(OS(=O)(=O)O)C1=O. The van der Waals surface area contributed by atoms with Gasteiger partial charge in [0.05, 0.1) is 18.3 Å². The molecule has 2 aliphatic heterocycles. The lowest BCUT2D eigenvalue weighted by molar-refractivity contribution is -0.0317. The predicted octanol–water partition coefficient (Wildman–Crippen LogP) is -0.199. The summed E-state index contributed by atoms with van der Waals surface area (Å²) in [5.74, 6) is 0. The molecule has 5 amide bonds. The topological polar surface area (TPSA) is 222 Å². The van der Waals surface area contributed by atoms with Gasteiger partial charge in [-0.1, -0.05) is 0 Å². The minimum atomic E-state index is -5.05. The van der Waals surface area contributed by atoms with E-state index in [4.69, 9.17) is 14.4 Å². The first-order valence-electron chi connectivity index (χ1n) is 10.2. The minimum Gasteiger partial charge on any atom is -0.465 e. The summed E-state index contributed by atoms with van der Waals surface area (Å²) in [5, 5.41) is 20.6. The standard InChI is InChI=1S/C17H25N7O10S/c1-17(2,3)33-15(28)19-5-4-18-13(25)23-7-9-11-8-22(16(29)24(11)34-35(30,31)32)10(12(9)21-23)6-20-14(26)27/h7,10-11,20H,4-6,8H2,1-3H3,(H,18,25)(H,19,28)(H,26,27)(H,30,31,32). The summed E-state index contributed by atoms with van der Waals surface area (Å²) in [6.07, 6.45) is -0.800. The second-order valence-electron chi connectivity index (χ2n) is 8.56. The normalized spacial score (nSPS) is 19.3. The lowest BCUT2D eigenvalue weighted by Gasteiger charge is -2.29. The second-order valence-corrected chi connectivity index (χ2v) is 9.56. The minimum absolute atomic E-state index is 0.0125. The van der Waals surface area contributed by atoms with Crippen LogP contribution in [0.3, 0.4) is 0 Å². The van der Waals surface area contributed by atoms with Gasteiger partial charge in [-0.15, -0.1) is 4.28 Å². The van der Waals surface area contributed by atoms with Crippen molar-refractivity contribution in [1.29, 1.82) is 0 Å². The smallest absolute Gasteiger partial charge is 0.418 e. The number of carbonyl (C=O) groups is 4. The highest BCUT2D eigenvalue weighted by Crippen LogP contribution is 2.43. The summed E-state index contributed by atoms with van der Waals surface area (Å²) in [4.78, 5) is 49.0. The number of nitrogens with zero attached hydrogens (tertiary/aromatic N) is 4. The van der Waals surface area contributed by atoms with Gasteiger partial charge in [0, 0.05) is 31.4 Å². The van der Waals surface area contributed by atoms with Crippen molar-refractivity contribution in [3.05, 3.63) is 17.5 Å². The molecule has 0 aromatic carbocycles. The maximum absolute atomic E-state index is 12.6. The number of nitrogens with one attached hydrogen (secondary N) is 3. The van der Waals surface area contributed by atoms with Crippen molar-refractivity contribution in [2.75, 3.05) is 26.2 Å². The highest BCUT2D eigenvalue weighted by molar-refractivity contribution is 7.80. The molecule has 18 heteroatoms. The molecule has 1 fully saturated rings. The molecule has 3 heterocycles. The van der Waals surface area contributed by atoms with E-state index in [2.05, 4.69) is 25.3 Å². The predicted molar refractivity (Wildman–Crippen MR) is 113 cm³/mol. The first-order chi connectivity index (χ1) is 16.2. The summed E-state index contributed by atoms with van der Waals surface area (Å²) < 4.78 is 41.9. The fraction of sp³-hybridized carbons (Fsp3) is 0.588. The zero-order valence-electron chi connectivity index (χ0n) is 18.9. The van der Waals surface area contributed by atoms with Crippen LogP contribution in [-0.2, 0) is 19.4 Å². The Bertz CT molecular complexity index is 1130. The first-order valence-corrected chi connectivity index (χ1v) is 11.6. The van der Waals surface area contributed by atoms with Crippen molar-refractivity contribution in [2.24, 2.45) is 0 Å². The monoisotopic (exact) mass is 519 g/mol. The van der Waals surface area contributed by atoms with Gasteiger partial charge in [0.2, 0.25) is 0 Å². The van der Waals surface area contributed by atoms with Crippen molar-refractivity contribution >= 4 is 34.6 Å². The van der Waals surface area contributed by atoms with Gasteiger partial charge in [-0.05, 0) is 20.8 Å². The number of amides is 5. The van der Waals surface area contributed by atoms with Crippen LogP contribution in [-0.4, -0.2) is 93.8 Å². The second kappa shape index (κ2) is 9.55. The third-order valence-electron chi connectivity index (χ3n) is 4.81. The Morgan fingerprint density at radius 3 is 2.46 bits per heavy atom. The third-order valence-corrected chi connectivity index (χ3v) is 5.16. The number of urea groups is 1. The molecule has 0 saturated carbocycles. The molecule has 2 unspecified atom stereocenters. The Morgan fingerprint density at radius 2 is 1.86 bits per heavy atom. The summed E-state index contributed by atoms with van der Waals surface area (Å²) in [7, 11) is -5.05. The largest absolute Gasteiger partial charge is 0.465 e. The fourth-order valence-electron chi connectivity index (χ4n) is 3.56. The zero-order chi connectivity index (χ0) is 26.1. The molecule has 5 N–H and O–H groups in total.